The normalized spacial score (nSPS) is 15.6. The van der Waals surface area contributed by atoms with Gasteiger partial charge in [0.1, 0.15) is 11.4 Å². The molecular weight excluding hydrogens is 314 g/mol. The van der Waals surface area contributed by atoms with Crippen LogP contribution in [-0.4, -0.2) is 5.60 Å². The Morgan fingerprint density at radius 1 is 1.15 bits per heavy atom. The van der Waals surface area contributed by atoms with Gasteiger partial charge in [-0.05, 0) is 47.5 Å². The van der Waals surface area contributed by atoms with Crippen LogP contribution in [0, 0.1) is 0 Å². The first-order valence-electron chi connectivity index (χ1n) is 6.83. The van der Waals surface area contributed by atoms with E-state index in [1.807, 2.05) is 18.2 Å². The Kier molecular flexibility index (Phi) is 3.47. The minimum Gasteiger partial charge on any atom is -0.487 e. The van der Waals surface area contributed by atoms with E-state index >= 15 is 0 Å². The Balaban J connectivity index is 1.80. The molecule has 1 heterocycles. The Morgan fingerprint density at radius 2 is 1.95 bits per heavy atom. The number of rotatable bonds is 3. The molecule has 2 nitrogen and oxygen atoms in total. The summed E-state index contributed by atoms with van der Waals surface area (Å²) in [5, 5.41) is 3.46. The quantitative estimate of drug-likeness (QED) is 0.874. The molecule has 0 radical (unpaired) electrons. The second kappa shape index (κ2) is 5.13. The van der Waals surface area contributed by atoms with Crippen LogP contribution in [0.4, 0.5) is 5.69 Å². The van der Waals surface area contributed by atoms with E-state index in [2.05, 4.69) is 59.4 Å². The third-order valence-electron chi connectivity index (χ3n) is 3.52. The fraction of sp³-hybridized carbons (Fsp3) is 0.294. The molecule has 0 unspecified atom stereocenters. The van der Waals surface area contributed by atoms with Crippen LogP contribution in [0.3, 0.4) is 0 Å². The first-order valence-corrected chi connectivity index (χ1v) is 7.63. The lowest BCUT2D eigenvalue weighted by molar-refractivity contribution is 0.137. The van der Waals surface area contributed by atoms with Gasteiger partial charge in [0, 0.05) is 28.7 Å². The van der Waals surface area contributed by atoms with Crippen LogP contribution in [0.2, 0.25) is 0 Å². The van der Waals surface area contributed by atoms with Gasteiger partial charge in [-0.3, -0.25) is 0 Å². The Labute approximate surface area is 128 Å². The van der Waals surface area contributed by atoms with Crippen molar-refractivity contribution in [1.82, 2.24) is 0 Å². The van der Waals surface area contributed by atoms with Crippen molar-refractivity contribution in [3.63, 3.8) is 0 Å². The van der Waals surface area contributed by atoms with Gasteiger partial charge in [0.25, 0.3) is 0 Å². The average Bonchev–Trinajstić information content (AvgIpc) is 2.72. The van der Waals surface area contributed by atoms with Gasteiger partial charge in [0.15, 0.2) is 0 Å². The summed E-state index contributed by atoms with van der Waals surface area (Å²) >= 11 is 3.56. The smallest absolute Gasteiger partial charge is 0.128 e. The number of anilines is 1. The fourth-order valence-electron chi connectivity index (χ4n) is 2.61. The summed E-state index contributed by atoms with van der Waals surface area (Å²) in [6.45, 7) is 5.04. The van der Waals surface area contributed by atoms with Crippen LogP contribution >= 0.6 is 15.9 Å². The third kappa shape index (κ3) is 2.68. The van der Waals surface area contributed by atoms with E-state index in [1.54, 1.807) is 0 Å². The molecule has 0 saturated heterocycles. The lowest BCUT2D eigenvalue weighted by Crippen LogP contribution is -2.25. The van der Waals surface area contributed by atoms with Crippen LogP contribution in [-0.2, 0) is 13.0 Å². The minimum atomic E-state index is -0.0915. The zero-order chi connectivity index (χ0) is 14.2. The Hall–Kier alpha value is -1.48. The van der Waals surface area contributed by atoms with Crippen molar-refractivity contribution in [1.29, 1.82) is 0 Å². The first kappa shape index (κ1) is 13.5. The summed E-state index contributed by atoms with van der Waals surface area (Å²) in [6, 6.07) is 14.6. The predicted molar refractivity (Wildman–Crippen MR) is 86.3 cm³/mol. The second-order valence-corrected chi connectivity index (χ2v) is 6.63. The first-order chi connectivity index (χ1) is 9.55. The van der Waals surface area contributed by atoms with Crippen LogP contribution < -0.4 is 10.1 Å². The molecule has 0 aliphatic carbocycles. The van der Waals surface area contributed by atoms with Gasteiger partial charge in [0.2, 0.25) is 0 Å². The minimum absolute atomic E-state index is 0.0915. The van der Waals surface area contributed by atoms with Gasteiger partial charge >= 0.3 is 0 Å². The highest BCUT2D eigenvalue weighted by Gasteiger charge is 2.31. The number of fused-ring (bicyclic) bond motifs is 1. The summed E-state index contributed by atoms with van der Waals surface area (Å²) in [5.74, 6) is 1.05. The summed E-state index contributed by atoms with van der Waals surface area (Å²) in [6.07, 6.45) is 0.977. The number of halogens is 1. The highest BCUT2D eigenvalue weighted by molar-refractivity contribution is 9.10. The van der Waals surface area contributed by atoms with Crippen molar-refractivity contribution < 1.29 is 4.74 Å². The molecule has 20 heavy (non-hydrogen) atoms. The van der Waals surface area contributed by atoms with Crippen molar-refractivity contribution in [2.75, 3.05) is 5.32 Å². The molecule has 0 amide bonds. The van der Waals surface area contributed by atoms with Crippen molar-refractivity contribution in [3.05, 3.63) is 58.1 Å². The maximum absolute atomic E-state index is 6.09. The molecule has 0 spiro atoms. The monoisotopic (exact) mass is 331 g/mol. The van der Waals surface area contributed by atoms with Crippen molar-refractivity contribution in [2.24, 2.45) is 0 Å². The summed E-state index contributed by atoms with van der Waals surface area (Å²) < 4.78 is 7.17. The topological polar surface area (TPSA) is 21.3 Å². The van der Waals surface area contributed by atoms with Crippen molar-refractivity contribution in [3.8, 4) is 5.75 Å². The van der Waals surface area contributed by atoms with E-state index in [-0.39, 0.29) is 5.60 Å². The summed E-state index contributed by atoms with van der Waals surface area (Å²) in [5.41, 5.74) is 3.53. The zero-order valence-corrected chi connectivity index (χ0v) is 13.3. The fourth-order valence-corrected chi connectivity index (χ4v) is 3.04. The summed E-state index contributed by atoms with van der Waals surface area (Å²) in [4.78, 5) is 0. The molecule has 0 saturated carbocycles. The lowest BCUT2D eigenvalue weighted by atomic mass is 10.0. The van der Waals surface area contributed by atoms with Crippen LogP contribution in [0.15, 0.2) is 46.9 Å². The van der Waals surface area contributed by atoms with E-state index < -0.39 is 0 Å². The molecule has 0 fully saturated rings. The maximum atomic E-state index is 6.09. The molecule has 0 bridgehead atoms. The molecule has 1 N–H and O–H groups in total. The highest BCUT2D eigenvalue weighted by atomic mass is 79.9. The van der Waals surface area contributed by atoms with Crippen molar-refractivity contribution in [2.45, 2.75) is 32.4 Å². The molecule has 2 aromatic rings. The number of ether oxygens (including phenoxy) is 1. The van der Waals surface area contributed by atoms with E-state index in [0.717, 1.165) is 28.9 Å². The molecule has 0 atom stereocenters. The predicted octanol–water partition coefficient (Wildman–Crippen LogP) is 4.77. The molecule has 2 aromatic carbocycles. The van der Waals surface area contributed by atoms with Gasteiger partial charge in [-0.15, -0.1) is 0 Å². The highest BCUT2D eigenvalue weighted by Crippen LogP contribution is 2.38. The van der Waals surface area contributed by atoms with E-state index in [4.69, 9.17) is 4.74 Å². The summed E-state index contributed by atoms with van der Waals surface area (Å²) in [7, 11) is 0. The standard InChI is InChI=1S/C17H18BrNO/c1-17(2)10-12-6-5-7-13(16(12)20-17)11-19-15-9-4-3-8-14(15)18/h3-9,19H,10-11H2,1-2H3. The zero-order valence-electron chi connectivity index (χ0n) is 11.7. The Morgan fingerprint density at radius 3 is 2.75 bits per heavy atom. The SMILES string of the molecule is CC1(C)Cc2cccc(CNc3ccccc3Br)c2O1. The number of nitrogens with one attached hydrogen (secondary N) is 1. The van der Waals surface area contributed by atoms with Gasteiger partial charge in [-0.1, -0.05) is 30.3 Å². The Bertz CT molecular complexity index is 637. The number of hydrogen-bond donors (Lipinski definition) is 1. The van der Waals surface area contributed by atoms with E-state index in [0.29, 0.717) is 0 Å². The van der Waals surface area contributed by atoms with Crippen LogP contribution in [0.5, 0.6) is 5.75 Å². The molecule has 3 heteroatoms. The number of para-hydroxylation sites is 2. The van der Waals surface area contributed by atoms with E-state index in [9.17, 15) is 0 Å². The average molecular weight is 332 g/mol. The molecule has 0 aromatic heterocycles. The van der Waals surface area contributed by atoms with Gasteiger partial charge < -0.3 is 10.1 Å². The van der Waals surface area contributed by atoms with Crippen LogP contribution in [0.1, 0.15) is 25.0 Å². The number of hydrogen-bond acceptors (Lipinski definition) is 2. The molecule has 104 valence electrons. The van der Waals surface area contributed by atoms with E-state index in [1.165, 1.54) is 11.1 Å². The number of benzene rings is 2. The second-order valence-electron chi connectivity index (χ2n) is 5.78. The molecular formula is C17H18BrNO. The molecule has 1 aliphatic heterocycles. The van der Waals surface area contributed by atoms with Crippen molar-refractivity contribution >= 4 is 21.6 Å². The van der Waals surface area contributed by atoms with Gasteiger partial charge in [0.05, 0.1) is 0 Å². The third-order valence-corrected chi connectivity index (χ3v) is 4.21. The van der Waals surface area contributed by atoms with Gasteiger partial charge in [-0.2, -0.15) is 0 Å². The molecule has 3 rings (SSSR count). The lowest BCUT2D eigenvalue weighted by Gasteiger charge is -2.18. The largest absolute Gasteiger partial charge is 0.487 e. The molecule has 1 aliphatic rings. The maximum Gasteiger partial charge on any atom is 0.128 e. The van der Waals surface area contributed by atoms with Gasteiger partial charge in [-0.25, -0.2) is 0 Å². The van der Waals surface area contributed by atoms with Crippen LogP contribution in [0.25, 0.3) is 0 Å².